The first-order valence-corrected chi connectivity index (χ1v) is 9.29. The van der Waals surface area contributed by atoms with Crippen LogP contribution >= 0.6 is 0 Å². The summed E-state index contributed by atoms with van der Waals surface area (Å²) in [6.07, 6.45) is -0.331. The van der Waals surface area contributed by atoms with Crippen molar-refractivity contribution >= 4 is 22.8 Å². The molecule has 0 bridgehead atoms. The Labute approximate surface area is 177 Å². The second-order valence-corrected chi connectivity index (χ2v) is 6.58. The monoisotopic (exact) mass is 427 g/mol. The first kappa shape index (κ1) is 21.7. The van der Waals surface area contributed by atoms with Gasteiger partial charge in [-0.05, 0) is 35.9 Å². The van der Waals surface area contributed by atoms with Gasteiger partial charge in [0.25, 0.3) is 5.91 Å². The Bertz CT molecular complexity index is 1150. The van der Waals surface area contributed by atoms with E-state index in [2.05, 4.69) is 5.32 Å². The lowest BCUT2D eigenvalue weighted by molar-refractivity contribution is -0.137. The standard InChI is InChI=1S/C22H21NO8/c1-28-17-7-4-14(9-19(17)29-2)16(11-21(25)26)23-20(24)12-30-15-6-3-13-5-8-22(27)31-18(13)10-15/h3-10,16H,11-12H2,1-2H3,(H,23,24)(H,25,26). The lowest BCUT2D eigenvalue weighted by atomic mass is 10.0. The molecule has 1 amide bonds. The molecule has 162 valence electrons. The van der Waals surface area contributed by atoms with Gasteiger partial charge in [-0.2, -0.15) is 0 Å². The number of carboxylic acid groups (broad SMARTS) is 1. The topological polar surface area (TPSA) is 124 Å². The van der Waals surface area contributed by atoms with Gasteiger partial charge in [0.2, 0.25) is 0 Å². The summed E-state index contributed by atoms with van der Waals surface area (Å²) < 4.78 is 21.0. The lowest BCUT2D eigenvalue weighted by Gasteiger charge is -2.19. The van der Waals surface area contributed by atoms with Crippen LogP contribution in [-0.2, 0) is 9.59 Å². The Morgan fingerprint density at radius 2 is 1.77 bits per heavy atom. The van der Waals surface area contributed by atoms with Gasteiger partial charge in [0.1, 0.15) is 11.3 Å². The van der Waals surface area contributed by atoms with Crippen molar-refractivity contribution in [3.63, 3.8) is 0 Å². The molecule has 2 aromatic carbocycles. The maximum Gasteiger partial charge on any atom is 0.336 e. The number of carbonyl (C=O) groups excluding carboxylic acids is 1. The van der Waals surface area contributed by atoms with Crippen molar-refractivity contribution in [2.45, 2.75) is 12.5 Å². The van der Waals surface area contributed by atoms with Crippen LogP contribution < -0.4 is 25.2 Å². The number of aliphatic carboxylic acids is 1. The fraction of sp³-hybridized carbons (Fsp3) is 0.227. The number of benzene rings is 2. The van der Waals surface area contributed by atoms with Crippen molar-refractivity contribution in [2.24, 2.45) is 0 Å². The molecule has 1 aromatic heterocycles. The number of rotatable bonds is 9. The second-order valence-electron chi connectivity index (χ2n) is 6.58. The number of carbonyl (C=O) groups is 2. The van der Waals surface area contributed by atoms with Crippen molar-refractivity contribution in [2.75, 3.05) is 20.8 Å². The first-order chi connectivity index (χ1) is 14.9. The van der Waals surface area contributed by atoms with Gasteiger partial charge < -0.3 is 29.1 Å². The van der Waals surface area contributed by atoms with Gasteiger partial charge in [0, 0.05) is 17.5 Å². The molecule has 1 heterocycles. The highest BCUT2D eigenvalue weighted by Crippen LogP contribution is 2.31. The van der Waals surface area contributed by atoms with Crippen molar-refractivity contribution < 1.29 is 33.3 Å². The third-order valence-electron chi connectivity index (χ3n) is 4.49. The molecule has 9 nitrogen and oxygen atoms in total. The number of nitrogens with one attached hydrogen (secondary N) is 1. The second kappa shape index (κ2) is 9.66. The van der Waals surface area contributed by atoms with E-state index in [4.69, 9.17) is 18.6 Å². The SMILES string of the molecule is COc1ccc(C(CC(=O)O)NC(=O)COc2ccc3ccc(=O)oc3c2)cc1OC. The highest BCUT2D eigenvalue weighted by molar-refractivity contribution is 5.80. The summed E-state index contributed by atoms with van der Waals surface area (Å²) in [4.78, 5) is 35.1. The zero-order valence-corrected chi connectivity index (χ0v) is 16.9. The molecule has 0 aliphatic carbocycles. The van der Waals surface area contributed by atoms with Crippen molar-refractivity contribution in [3.8, 4) is 17.2 Å². The highest BCUT2D eigenvalue weighted by Gasteiger charge is 2.20. The van der Waals surface area contributed by atoms with E-state index >= 15 is 0 Å². The zero-order chi connectivity index (χ0) is 22.4. The molecule has 0 saturated carbocycles. The van der Waals surface area contributed by atoms with E-state index in [1.54, 1.807) is 36.4 Å². The largest absolute Gasteiger partial charge is 0.493 e. The van der Waals surface area contributed by atoms with Gasteiger partial charge >= 0.3 is 11.6 Å². The van der Waals surface area contributed by atoms with Crippen molar-refractivity contribution in [3.05, 3.63) is 64.5 Å². The van der Waals surface area contributed by atoms with E-state index in [1.165, 1.54) is 26.4 Å². The van der Waals surface area contributed by atoms with Crippen LogP contribution in [0, 0.1) is 0 Å². The third-order valence-corrected chi connectivity index (χ3v) is 4.49. The molecule has 3 aromatic rings. The predicted molar refractivity (Wildman–Crippen MR) is 111 cm³/mol. The number of fused-ring (bicyclic) bond motifs is 1. The summed E-state index contributed by atoms with van der Waals surface area (Å²) in [5.74, 6) is -0.365. The summed E-state index contributed by atoms with van der Waals surface area (Å²) in [5.41, 5.74) is 0.384. The van der Waals surface area contributed by atoms with Crippen LogP contribution in [0.1, 0.15) is 18.0 Å². The molecular weight excluding hydrogens is 406 g/mol. The van der Waals surface area contributed by atoms with Gasteiger partial charge in [0.15, 0.2) is 18.1 Å². The Balaban J connectivity index is 1.71. The minimum absolute atomic E-state index is 0.331. The van der Waals surface area contributed by atoms with Crippen LogP contribution in [0.4, 0.5) is 0 Å². The van der Waals surface area contributed by atoms with Gasteiger partial charge in [0.05, 0.1) is 26.7 Å². The number of ether oxygens (including phenoxy) is 3. The molecule has 9 heteroatoms. The zero-order valence-electron chi connectivity index (χ0n) is 16.9. The summed E-state index contributed by atoms with van der Waals surface area (Å²) in [5, 5.41) is 12.6. The average molecular weight is 427 g/mol. The minimum atomic E-state index is -1.08. The Morgan fingerprint density at radius 3 is 2.48 bits per heavy atom. The lowest BCUT2D eigenvalue weighted by Crippen LogP contribution is -2.33. The highest BCUT2D eigenvalue weighted by atomic mass is 16.5. The average Bonchev–Trinajstić information content (AvgIpc) is 2.76. The molecule has 0 aliphatic rings. The quantitative estimate of drug-likeness (QED) is 0.499. The van der Waals surface area contributed by atoms with Crippen LogP contribution in [0.5, 0.6) is 17.2 Å². The van der Waals surface area contributed by atoms with Crippen molar-refractivity contribution in [1.29, 1.82) is 0 Å². The van der Waals surface area contributed by atoms with Crippen molar-refractivity contribution in [1.82, 2.24) is 5.32 Å². The van der Waals surface area contributed by atoms with E-state index in [-0.39, 0.29) is 13.0 Å². The number of methoxy groups -OCH3 is 2. The fourth-order valence-corrected chi connectivity index (χ4v) is 3.01. The molecule has 0 fully saturated rings. The summed E-state index contributed by atoms with van der Waals surface area (Å²) >= 11 is 0. The molecule has 0 saturated heterocycles. The van der Waals surface area contributed by atoms with Crippen LogP contribution in [0.3, 0.4) is 0 Å². The number of hydrogen-bond acceptors (Lipinski definition) is 7. The number of amides is 1. The normalized spacial score (nSPS) is 11.5. The molecule has 0 spiro atoms. The molecular formula is C22H21NO8. The summed E-state index contributed by atoms with van der Waals surface area (Å²) in [7, 11) is 2.95. The van der Waals surface area contributed by atoms with Crippen LogP contribution in [0.15, 0.2) is 57.7 Å². The summed E-state index contributed by atoms with van der Waals surface area (Å²) in [6, 6.07) is 11.9. The van der Waals surface area contributed by atoms with E-state index in [9.17, 15) is 19.5 Å². The first-order valence-electron chi connectivity index (χ1n) is 9.29. The van der Waals surface area contributed by atoms with Crippen LogP contribution in [-0.4, -0.2) is 37.8 Å². The fourth-order valence-electron chi connectivity index (χ4n) is 3.01. The van der Waals surface area contributed by atoms with Crippen LogP contribution in [0.25, 0.3) is 11.0 Å². The molecule has 1 atom stereocenters. The maximum absolute atomic E-state index is 12.4. The smallest absolute Gasteiger partial charge is 0.336 e. The Hall–Kier alpha value is -4.01. The molecule has 2 N–H and O–H groups in total. The van der Waals surface area contributed by atoms with E-state index in [0.717, 1.165) is 0 Å². The van der Waals surface area contributed by atoms with Gasteiger partial charge in [-0.15, -0.1) is 0 Å². The van der Waals surface area contributed by atoms with E-state index in [1.807, 2.05) is 0 Å². The van der Waals surface area contributed by atoms with E-state index < -0.39 is 23.5 Å². The summed E-state index contributed by atoms with van der Waals surface area (Å²) in [6.45, 7) is -0.355. The number of hydrogen-bond donors (Lipinski definition) is 2. The van der Waals surface area contributed by atoms with Gasteiger partial charge in [-0.3, -0.25) is 9.59 Å². The molecule has 1 unspecified atom stereocenters. The van der Waals surface area contributed by atoms with Gasteiger partial charge in [-0.1, -0.05) is 6.07 Å². The molecule has 31 heavy (non-hydrogen) atoms. The van der Waals surface area contributed by atoms with Crippen LogP contribution in [0.2, 0.25) is 0 Å². The minimum Gasteiger partial charge on any atom is -0.493 e. The molecule has 3 rings (SSSR count). The molecule has 0 aliphatic heterocycles. The Morgan fingerprint density at radius 1 is 1.03 bits per heavy atom. The van der Waals surface area contributed by atoms with Gasteiger partial charge in [-0.25, -0.2) is 4.79 Å². The third kappa shape index (κ3) is 5.53. The predicted octanol–water partition coefficient (Wildman–Crippen LogP) is 2.52. The maximum atomic E-state index is 12.4. The number of carboxylic acids is 1. The Kier molecular flexibility index (Phi) is 6.76. The molecule has 0 radical (unpaired) electrons. The van der Waals surface area contributed by atoms with E-state index in [0.29, 0.717) is 33.8 Å².